The molecule has 0 atom stereocenters. The smallest absolute Gasteiger partial charge is 0.251 e. The van der Waals surface area contributed by atoms with E-state index in [1.807, 2.05) is 12.1 Å². The van der Waals surface area contributed by atoms with Gasteiger partial charge in [0.25, 0.3) is 5.91 Å². The molecule has 2 N–H and O–H groups in total. The summed E-state index contributed by atoms with van der Waals surface area (Å²) in [7, 11) is 1.75. The zero-order valence-corrected chi connectivity index (χ0v) is 18.8. The van der Waals surface area contributed by atoms with Gasteiger partial charge < -0.3 is 10.2 Å². The number of nitrogens with zero attached hydrogens (tertiary/aromatic N) is 2. The Morgan fingerprint density at radius 2 is 1.94 bits per heavy atom. The largest absolute Gasteiger partial charge is 0.352 e. The fraction of sp³-hybridized carbons (Fsp3) is 0.261. The van der Waals surface area contributed by atoms with Crippen molar-refractivity contribution < 1.29 is 14.0 Å². The number of amides is 2. The highest BCUT2D eigenvalue weighted by molar-refractivity contribution is 9.10. The highest BCUT2D eigenvalue weighted by atomic mass is 79.9. The van der Waals surface area contributed by atoms with Crippen LogP contribution in [0.3, 0.4) is 0 Å². The molecule has 0 spiro atoms. The summed E-state index contributed by atoms with van der Waals surface area (Å²) in [6, 6.07) is 15.3. The Labute approximate surface area is 189 Å². The van der Waals surface area contributed by atoms with E-state index in [0.29, 0.717) is 17.8 Å². The first-order chi connectivity index (χ1) is 14.9. The van der Waals surface area contributed by atoms with Crippen molar-refractivity contribution in [2.75, 3.05) is 20.1 Å². The van der Waals surface area contributed by atoms with Gasteiger partial charge in [-0.05, 0) is 55.3 Å². The van der Waals surface area contributed by atoms with Crippen LogP contribution in [0.2, 0.25) is 0 Å². The lowest BCUT2D eigenvalue weighted by molar-refractivity contribution is -0.129. The van der Waals surface area contributed by atoms with Gasteiger partial charge in [-0.25, -0.2) is 4.39 Å². The first kappa shape index (κ1) is 22.7. The van der Waals surface area contributed by atoms with E-state index >= 15 is 0 Å². The minimum absolute atomic E-state index is 0.0267. The van der Waals surface area contributed by atoms with Crippen LogP contribution in [0.1, 0.15) is 28.9 Å². The molecule has 0 bridgehead atoms. The molecular formula is C23H24BrFN4O2. The number of aromatic amines is 1. The molecule has 1 aromatic heterocycles. The van der Waals surface area contributed by atoms with Gasteiger partial charge in [-0.15, -0.1) is 0 Å². The summed E-state index contributed by atoms with van der Waals surface area (Å²) in [6.45, 7) is 0.878. The molecule has 3 aromatic rings. The quantitative estimate of drug-likeness (QED) is 0.475. The Morgan fingerprint density at radius 1 is 1.16 bits per heavy atom. The monoisotopic (exact) mass is 486 g/mol. The van der Waals surface area contributed by atoms with Gasteiger partial charge in [-0.1, -0.05) is 28.1 Å². The van der Waals surface area contributed by atoms with Crippen molar-refractivity contribution in [1.82, 2.24) is 20.4 Å². The van der Waals surface area contributed by atoms with E-state index in [9.17, 15) is 14.0 Å². The molecule has 0 unspecified atom stereocenters. The lowest BCUT2D eigenvalue weighted by atomic mass is 10.1. The minimum atomic E-state index is -0.296. The van der Waals surface area contributed by atoms with Crippen LogP contribution in [0.5, 0.6) is 0 Å². The lowest BCUT2D eigenvalue weighted by Gasteiger charge is -2.17. The standard InChI is InChI=1S/C23H24BrFN4O2/c1-29(22(30)11-12-26-23(31)16-7-9-18(24)10-8-16)13-3-6-20-15-21(28-27-20)17-4-2-5-19(25)14-17/h2,4-5,7-10,14-15H,3,6,11-13H2,1H3,(H,26,31)(H,27,28). The van der Waals surface area contributed by atoms with Gasteiger partial charge in [0.1, 0.15) is 5.82 Å². The van der Waals surface area contributed by atoms with Crippen LogP contribution >= 0.6 is 15.9 Å². The molecule has 3 rings (SSSR count). The molecule has 0 aliphatic rings. The van der Waals surface area contributed by atoms with Crippen molar-refractivity contribution in [1.29, 1.82) is 0 Å². The molecule has 0 fully saturated rings. The van der Waals surface area contributed by atoms with Crippen molar-refractivity contribution in [2.45, 2.75) is 19.3 Å². The molecule has 162 valence electrons. The van der Waals surface area contributed by atoms with E-state index in [1.54, 1.807) is 42.3 Å². The third kappa shape index (κ3) is 6.75. The van der Waals surface area contributed by atoms with Gasteiger partial charge in [-0.3, -0.25) is 14.7 Å². The number of rotatable bonds is 9. The molecule has 0 radical (unpaired) electrons. The van der Waals surface area contributed by atoms with Gasteiger partial charge in [0.15, 0.2) is 0 Å². The number of hydrogen-bond acceptors (Lipinski definition) is 3. The number of nitrogens with one attached hydrogen (secondary N) is 2. The Balaban J connectivity index is 1.37. The van der Waals surface area contributed by atoms with Crippen molar-refractivity contribution >= 4 is 27.7 Å². The number of aryl methyl sites for hydroxylation is 1. The maximum Gasteiger partial charge on any atom is 0.251 e. The normalized spacial score (nSPS) is 10.7. The average Bonchev–Trinajstić information content (AvgIpc) is 3.23. The molecule has 2 aromatic carbocycles. The van der Waals surface area contributed by atoms with E-state index in [0.717, 1.165) is 28.6 Å². The third-order valence-corrected chi connectivity index (χ3v) is 5.38. The van der Waals surface area contributed by atoms with E-state index in [-0.39, 0.29) is 30.6 Å². The van der Waals surface area contributed by atoms with Crippen LogP contribution in [-0.2, 0) is 11.2 Å². The Kier molecular flexibility index (Phi) is 7.94. The Morgan fingerprint density at radius 3 is 2.68 bits per heavy atom. The average molecular weight is 487 g/mol. The Bertz CT molecular complexity index is 1040. The van der Waals surface area contributed by atoms with Crippen molar-refractivity contribution in [3.63, 3.8) is 0 Å². The van der Waals surface area contributed by atoms with E-state index in [2.05, 4.69) is 31.4 Å². The van der Waals surface area contributed by atoms with Crippen LogP contribution in [-0.4, -0.2) is 47.0 Å². The second-order valence-electron chi connectivity index (χ2n) is 7.22. The van der Waals surface area contributed by atoms with Gasteiger partial charge >= 0.3 is 0 Å². The second kappa shape index (κ2) is 10.9. The maximum absolute atomic E-state index is 13.4. The van der Waals surface area contributed by atoms with Gasteiger partial charge in [0, 0.05) is 47.9 Å². The summed E-state index contributed by atoms with van der Waals surface area (Å²) in [5.41, 5.74) is 2.91. The van der Waals surface area contributed by atoms with Crippen molar-refractivity contribution in [2.24, 2.45) is 0 Å². The topological polar surface area (TPSA) is 78.1 Å². The number of benzene rings is 2. The molecule has 2 amide bonds. The maximum atomic E-state index is 13.4. The summed E-state index contributed by atoms with van der Waals surface area (Å²) < 4.78 is 14.3. The van der Waals surface area contributed by atoms with Crippen LogP contribution < -0.4 is 5.32 Å². The van der Waals surface area contributed by atoms with E-state index < -0.39 is 0 Å². The van der Waals surface area contributed by atoms with Gasteiger partial charge in [-0.2, -0.15) is 5.10 Å². The van der Waals surface area contributed by atoms with E-state index in [1.165, 1.54) is 12.1 Å². The van der Waals surface area contributed by atoms with Crippen LogP contribution in [0.15, 0.2) is 59.1 Å². The van der Waals surface area contributed by atoms with Crippen LogP contribution in [0.25, 0.3) is 11.3 Å². The number of halogens is 2. The fourth-order valence-corrected chi connectivity index (χ4v) is 3.36. The molecule has 0 aliphatic carbocycles. The van der Waals surface area contributed by atoms with Crippen LogP contribution in [0, 0.1) is 5.82 Å². The third-order valence-electron chi connectivity index (χ3n) is 4.85. The summed E-state index contributed by atoms with van der Waals surface area (Å²) >= 11 is 3.33. The fourth-order valence-electron chi connectivity index (χ4n) is 3.09. The first-order valence-corrected chi connectivity index (χ1v) is 10.8. The van der Waals surface area contributed by atoms with Crippen molar-refractivity contribution in [3.05, 3.63) is 76.1 Å². The number of carbonyl (C=O) groups excluding carboxylic acids is 2. The molecule has 0 aliphatic heterocycles. The van der Waals surface area contributed by atoms with Crippen LogP contribution in [0.4, 0.5) is 4.39 Å². The summed E-state index contributed by atoms with van der Waals surface area (Å²) in [4.78, 5) is 26.0. The Hall–Kier alpha value is -3.00. The predicted octanol–water partition coefficient (Wildman–Crippen LogP) is 4.19. The molecule has 31 heavy (non-hydrogen) atoms. The minimum Gasteiger partial charge on any atom is -0.352 e. The molecule has 1 heterocycles. The summed E-state index contributed by atoms with van der Waals surface area (Å²) in [6.07, 6.45) is 1.73. The lowest BCUT2D eigenvalue weighted by Crippen LogP contribution is -2.32. The molecule has 0 saturated carbocycles. The van der Waals surface area contributed by atoms with Crippen molar-refractivity contribution in [3.8, 4) is 11.3 Å². The molecular weight excluding hydrogens is 463 g/mol. The molecule has 8 heteroatoms. The SMILES string of the molecule is CN(CCCc1cc(-c2cccc(F)c2)n[nH]1)C(=O)CCNC(=O)c1ccc(Br)cc1. The van der Waals surface area contributed by atoms with E-state index in [4.69, 9.17) is 0 Å². The van der Waals surface area contributed by atoms with Gasteiger partial charge in [0.2, 0.25) is 5.91 Å². The number of hydrogen-bond donors (Lipinski definition) is 2. The summed E-state index contributed by atoms with van der Waals surface area (Å²) in [5.74, 6) is -0.521. The molecule has 6 nitrogen and oxygen atoms in total. The highest BCUT2D eigenvalue weighted by Gasteiger charge is 2.11. The number of carbonyl (C=O) groups is 2. The van der Waals surface area contributed by atoms with Gasteiger partial charge in [0.05, 0.1) is 5.69 Å². The number of H-pyrrole nitrogens is 1. The zero-order valence-electron chi connectivity index (χ0n) is 17.2. The molecule has 0 saturated heterocycles. The second-order valence-corrected chi connectivity index (χ2v) is 8.14. The first-order valence-electron chi connectivity index (χ1n) is 10.0. The highest BCUT2D eigenvalue weighted by Crippen LogP contribution is 2.19. The summed E-state index contributed by atoms with van der Waals surface area (Å²) in [5, 5.41) is 9.96. The number of aromatic nitrogens is 2. The predicted molar refractivity (Wildman–Crippen MR) is 121 cm³/mol. The zero-order chi connectivity index (χ0) is 22.2.